The molecule has 0 saturated heterocycles. The number of esters is 1. The lowest BCUT2D eigenvalue weighted by molar-refractivity contribution is -0.145. The summed E-state index contributed by atoms with van der Waals surface area (Å²) in [6, 6.07) is 0. The first-order chi connectivity index (χ1) is 9.79. The Bertz CT molecular complexity index is 307. The summed E-state index contributed by atoms with van der Waals surface area (Å²) in [6.07, 6.45) is 0. The minimum absolute atomic E-state index is 0.0866. The standard InChI is InChI=1S/C16H32N2O3/c1-7-17(12-16(20)21-8-2)11-15(19)18(9-13(3)4)10-14(5)6/h13-14H,7-12H2,1-6H3. The van der Waals surface area contributed by atoms with Crippen LogP contribution in [0.15, 0.2) is 0 Å². The Hall–Kier alpha value is -1.10. The number of carbonyl (C=O) groups is 2. The van der Waals surface area contributed by atoms with Crippen molar-refractivity contribution < 1.29 is 14.3 Å². The summed E-state index contributed by atoms with van der Waals surface area (Å²) >= 11 is 0. The highest BCUT2D eigenvalue weighted by Gasteiger charge is 2.20. The molecule has 21 heavy (non-hydrogen) atoms. The highest BCUT2D eigenvalue weighted by atomic mass is 16.5. The second-order valence-electron chi connectivity index (χ2n) is 6.19. The fourth-order valence-corrected chi connectivity index (χ4v) is 2.12. The van der Waals surface area contributed by atoms with Crippen molar-refractivity contribution in [1.82, 2.24) is 9.80 Å². The van der Waals surface area contributed by atoms with Gasteiger partial charge in [-0.1, -0.05) is 34.6 Å². The van der Waals surface area contributed by atoms with Crippen LogP contribution in [0, 0.1) is 11.8 Å². The molecule has 124 valence electrons. The molecule has 5 heteroatoms. The number of rotatable bonds is 10. The van der Waals surface area contributed by atoms with Crippen molar-refractivity contribution in [1.29, 1.82) is 0 Å². The SMILES string of the molecule is CCOC(=O)CN(CC)CC(=O)N(CC(C)C)CC(C)C. The highest BCUT2D eigenvalue weighted by molar-refractivity contribution is 5.79. The van der Waals surface area contributed by atoms with Gasteiger partial charge in [0.2, 0.25) is 5.91 Å². The number of amides is 1. The van der Waals surface area contributed by atoms with Crippen LogP contribution in [0.2, 0.25) is 0 Å². The van der Waals surface area contributed by atoms with Crippen LogP contribution in [0.25, 0.3) is 0 Å². The van der Waals surface area contributed by atoms with Crippen molar-refractivity contribution in [3.05, 3.63) is 0 Å². The zero-order valence-electron chi connectivity index (χ0n) is 14.5. The van der Waals surface area contributed by atoms with Crippen LogP contribution < -0.4 is 0 Å². The third-order valence-electron chi connectivity index (χ3n) is 2.99. The maximum atomic E-state index is 12.5. The first-order valence-corrected chi connectivity index (χ1v) is 7.95. The molecular weight excluding hydrogens is 268 g/mol. The number of likely N-dealkylation sites (N-methyl/N-ethyl adjacent to an activating group) is 1. The molecule has 0 spiro atoms. The average Bonchev–Trinajstić information content (AvgIpc) is 2.36. The summed E-state index contributed by atoms with van der Waals surface area (Å²) in [7, 11) is 0. The molecule has 0 saturated carbocycles. The lowest BCUT2D eigenvalue weighted by Gasteiger charge is -2.29. The van der Waals surface area contributed by atoms with E-state index in [-0.39, 0.29) is 25.0 Å². The van der Waals surface area contributed by atoms with Crippen LogP contribution >= 0.6 is 0 Å². The molecule has 0 bridgehead atoms. The van der Waals surface area contributed by atoms with Gasteiger partial charge in [0.25, 0.3) is 0 Å². The molecule has 0 aromatic heterocycles. The molecule has 0 aliphatic carbocycles. The Labute approximate surface area is 129 Å². The van der Waals surface area contributed by atoms with Crippen molar-refractivity contribution in [3.63, 3.8) is 0 Å². The molecule has 0 aliphatic rings. The Morgan fingerprint density at radius 1 is 0.952 bits per heavy atom. The maximum absolute atomic E-state index is 12.5. The van der Waals surface area contributed by atoms with Crippen molar-refractivity contribution in [2.24, 2.45) is 11.8 Å². The summed E-state index contributed by atoms with van der Waals surface area (Å²) in [5.41, 5.74) is 0. The lowest BCUT2D eigenvalue weighted by Crippen LogP contribution is -2.44. The van der Waals surface area contributed by atoms with E-state index in [0.717, 1.165) is 13.1 Å². The van der Waals surface area contributed by atoms with E-state index < -0.39 is 0 Å². The third kappa shape index (κ3) is 9.45. The molecule has 0 unspecified atom stereocenters. The van der Waals surface area contributed by atoms with E-state index in [2.05, 4.69) is 27.7 Å². The van der Waals surface area contributed by atoms with Crippen LogP contribution in [-0.2, 0) is 14.3 Å². The van der Waals surface area contributed by atoms with Crippen molar-refractivity contribution >= 4 is 11.9 Å². The zero-order valence-corrected chi connectivity index (χ0v) is 14.5. The van der Waals surface area contributed by atoms with Crippen LogP contribution in [-0.4, -0.2) is 61.0 Å². The third-order valence-corrected chi connectivity index (χ3v) is 2.99. The molecule has 0 N–H and O–H groups in total. The smallest absolute Gasteiger partial charge is 0.320 e. The maximum Gasteiger partial charge on any atom is 0.320 e. The normalized spacial score (nSPS) is 11.3. The van der Waals surface area contributed by atoms with Gasteiger partial charge in [0.1, 0.15) is 0 Å². The second-order valence-corrected chi connectivity index (χ2v) is 6.19. The zero-order chi connectivity index (χ0) is 16.4. The van der Waals surface area contributed by atoms with Crippen molar-refractivity contribution in [2.75, 3.05) is 39.3 Å². The summed E-state index contributed by atoms with van der Waals surface area (Å²) < 4.78 is 4.94. The van der Waals surface area contributed by atoms with Gasteiger partial charge in [-0.05, 0) is 25.3 Å². The molecule has 0 atom stereocenters. The van der Waals surface area contributed by atoms with Crippen LogP contribution in [0.3, 0.4) is 0 Å². The quantitative estimate of drug-likeness (QED) is 0.579. The van der Waals surface area contributed by atoms with Crippen molar-refractivity contribution in [3.8, 4) is 0 Å². The molecule has 0 aromatic carbocycles. The number of hydrogen-bond donors (Lipinski definition) is 0. The largest absolute Gasteiger partial charge is 0.465 e. The number of ether oxygens (including phenoxy) is 1. The predicted molar refractivity (Wildman–Crippen MR) is 85.0 cm³/mol. The number of carbonyl (C=O) groups excluding carboxylic acids is 2. The molecule has 5 nitrogen and oxygen atoms in total. The molecule has 0 rings (SSSR count). The van der Waals surface area contributed by atoms with Crippen LogP contribution in [0.1, 0.15) is 41.5 Å². The lowest BCUT2D eigenvalue weighted by atomic mass is 10.1. The topological polar surface area (TPSA) is 49.9 Å². The van der Waals surface area contributed by atoms with Gasteiger partial charge in [0, 0.05) is 13.1 Å². The Kier molecular flexibility index (Phi) is 10.0. The van der Waals surface area contributed by atoms with E-state index in [4.69, 9.17) is 4.74 Å². The van der Waals surface area contributed by atoms with Gasteiger partial charge >= 0.3 is 5.97 Å². The van der Waals surface area contributed by atoms with E-state index in [0.29, 0.717) is 25.0 Å². The average molecular weight is 300 g/mol. The van der Waals surface area contributed by atoms with E-state index in [9.17, 15) is 9.59 Å². The van der Waals surface area contributed by atoms with E-state index in [1.165, 1.54) is 0 Å². The predicted octanol–water partition coefficient (Wildman–Crippen LogP) is 2.01. The van der Waals surface area contributed by atoms with Gasteiger partial charge in [0.05, 0.1) is 19.7 Å². The fourth-order valence-electron chi connectivity index (χ4n) is 2.12. The fraction of sp³-hybridized carbons (Fsp3) is 0.875. The summed E-state index contributed by atoms with van der Waals surface area (Å²) in [4.78, 5) is 27.7. The van der Waals surface area contributed by atoms with Gasteiger partial charge in [-0.2, -0.15) is 0 Å². The Morgan fingerprint density at radius 2 is 1.48 bits per heavy atom. The summed E-state index contributed by atoms with van der Waals surface area (Å²) in [6.45, 7) is 15.2. The van der Waals surface area contributed by atoms with Crippen LogP contribution in [0.5, 0.6) is 0 Å². The minimum Gasteiger partial charge on any atom is -0.465 e. The van der Waals surface area contributed by atoms with Crippen molar-refractivity contribution in [2.45, 2.75) is 41.5 Å². The van der Waals surface area contributed by atoms with E-state index in [1.807, 2.05) is 16.7 Å². The first-order valence-electron chi connectivity index (χ1n) is 7.95. The number of nitrogens with zero attached hydrogens (tertiary/aromatic N) is 2. The van der Waals surface area contributed by atoms with Gasteiger partial charge < -0.3 is 9.64 Å². The highest BCUT2D eigenvalue weighted by Crippen LogP contribution is 2.05. The Balaban J connectivity index is 4.57. The molecule has 0 aliphatic heterocycles. The van der Waals surface area contributed by atoms with Crippen LogP contribution in [0.4, 0.5) is 0 Å². The molecule has 0 aromatic rings. The van der Waals surface area contributed by atoms with Gasteiger partial charge in [-0.15, -0.1) is 0 Å². The molecule has 1 amide bonds. The second kappa shape index (κ2) is 10.6. The summed E-state index contributed by atoms with van der Waals surface area (Å²) in [5, 5.41) is 0. The van der Waals surface area contributed by atoms with E-state index in [1.54, 1.807) is 6.92 Å². The monoisotopic (exact) mass is 300 g/mol. The Morgan fingerprint density at radius 3 is 1.86 bits per heavy atom. The minimum atomic E-state index is -0.272. The van der Waals surface area contributed by atoms with Gasteiger partial charge in [0.15, 0.2) is 0 Å². The first kappa shape index (κ1) is 19.9. The summed E-state index contributed by atoms with van der Waals surface area (Å²) in [5.74, 6) is 0.690. The van der Waals surface area contributed by atoms with E-state index >= 15 is 0 Å². The molecule has 0 radical (unpaired) electrons. The van der Waals surface area contributed by atoms with Gasteiger partial charge in [-0.25, -0.2) is 0 Å². The molecule has 0 fully saturated rings. The number of hydrogen-bond acceptors (Lipinski definition) is 4. The van der Waals surface area contributed by atoms with Gasteiger partial charge in [-0.3, -0.25) is 14.5 Å². The molecular formula is C16H32N2O3. The molecule has 0 heterocycles.